The van der Waals surface area contributed by atoms with Gasteiger partial charge >= 0.3 is 0 Å². The largest absolute Gasteiger partial charge is 0.339 e. The van der Waals surface area contributed by atoms with Crippen LogP contribution in [-0.2, 0) is 0 Å². The first-order chi connectivity index (χ1) is 9.67. The maximum Gasteiger partial charge on any atom is 0.240 e. The Morgan fingerprint density at radius 2 is 2.05 bits per heavy atom. The number of aromatic nitrogens is 2. The molecule has 0 aliphatic heterocycles. The van der Waals surface area contributed by atoms with Crippen molar-refractivity contribution in [3.8, 4) is 0 Å². The van der Waals surface area contributed by atoms with E-state index >= 15 is 0 Å². The van der Waals surface area contributed by atoms with Gasteiger partial charge in [0.05, 0.1) is 11.1 Å². The van der Waals surface area contributed by atoms with Crippen LogP contribution in [0.15, 0.2) is 30.3 Å². The first-order valence-corrected chi connectivity index (χ1v) is 7.83. The molecule has 1 aromatic carbocycles. The van der Waals surface area contributed by atoms with E-state index in [4.69, 9.17) is 5.84 Å². The average Bonchev–Trinajstić information content (AvgIpc) is 2.81. The zero-order valence-corrected chi connectivity index (χ0v) is 13.6. The van der Waals surface area contributed by atoms with Crippen LogP contribution in [0.3, 0.4) is 0 Å². The fraction of sp³-hybridized carbons (Fsp3) is 0.0769. The maximum atomic E-state index is 5.44. The molecule has 0 unspecified atom stereocenters. The number of nitrogens with zero attached hydrogens (tertiary/aromatic N) is 2. The Hall–Kier alpha value is -1.45. The highest BCUT2D eigenvalue weighted by atomic mass is 127. The first-order valence-electron chi connectivity index (χ1n) is 5.94. The molecular weight excluding hydrogens is 385 g/mol. The van der Waals surface area contributed by atoms with Gasteiger partial charge in [0.1, 0.15) is 10.6 Å². The number of halogens is 1. The van der Waals surface area contributed by atoms with E-state index in [1.165, 1.54) is 4.88 Å². The van der Waals surface area contributed by atoms with E-state index in [9.17, 15) is 0 Å². The minimum Gasteiger partial charge on any atom is -0.339 e. The summed E-state index contributed by atoms with van der Waals surface area (Å²) >= 11 is 3.91. The van der Waals surface area contributed by atoms with Gasteiger partial charge in [0, 0.05) is 8.45 Å². The van der Waals surface area contributed by atoms with Gasteiger partial charge in [0.2, 0.25) is 5.95 Å². The number of nitrogens with two attached hydrogens (primary N) is 1. The second kappa shape index (κ2) is 5.51. The van der Waals surface area contributed by atoms with E-state index in [-0.39, 0.29) is 0 Å². The second-order valence-electron chi connectivity index (χ2n) is 4.22. The number of aryl methyl sites for hydroxylation is 1. The summed E-state index contributed by atoms with van der Waals surface area (Å²) in [5, 5.41) is 4.36. The van der Waals surface area contributed by atoms with Crippen LogP contribution in [0.2, 0.25) is 0 Å². The van der Waals surface area contributed by atoms with Crippen molar-refractivity contribution in [1.29, 1.82) is 0 Å². The molecule has 0 saturated carbocycles. The summed E-state index contributed by atoms with van der Waals surface area (Å²) in [4.78, 5) is 10.9. The Morgan fingerprint density at radius 1 is 1.25 bits per heavy atom. The number of nitrogen functional groups attached to an aromatic ring is 1. The van der Waals surface area contributed by atoms with Crippen LogP contribution in [0, 0.1) is 10.5 Å². The number of para-hydroxylation sites is 1. The Kier molecular flexibility index (Phi) is 3.72. The van der Waals surface area contributed by atoms with E-state index in [1.54, 1.807) is 11.3 Å². The van der Waals surface area contributed by atoms with Crippen molar-refractivity contribution in [3.63, 3.8) is 0 Å². The number of hydrazine groups is 1. The standard InChI is InChI=1S/C13H12IN5S/c1-7-6-8-11(16-10-5-3-2-4-9(10)14)17-13(19-15)18-12(8)20-7/h2-6H,15H2,1H3,(H2,16,17,18,19). The molecule has 0 amide bonds. The fourth-order valence-corrected chi connectivity index (χ4v) is 3.29. The number of fused-ring (bicyclic) bond motifs is 1. The van der Waals surface area contributed by atoms with Crippen LogP contribution < -0.4 is 16.6 Å². The lowest BCUT2D eigenvalue weighted by molar-refractivity contribution is 1.16. The molecule has 0 aliphatic carbocycles. The van der Waals surface area contributed by atoms with Crippen LogP contribution in [0.25, 0.3) is 10.2 Å². The Morgan fingerprint density at radius 3 is 2.80 bits per heavy atom. The van der Waals surface area contributed by atoms with Crippen LogP contribution >= 0.6 is 33.9 Å². The molecule has 0 atom stereocenters. The number of hydrogen-bond donors (Lipinski definition) is 3. The van der Waals surface area contributed by atoms with Crippen LogP contribution in [0.1, 0.15) is 4.88 Å². The molecule has 20 heavy (non-hydrogen) atoms. The predicted molar refractivity (Wildman–Crippen MR) is 92.4 cm³/mol. The van der Waals surface area contributed by atoms with Crippen molar-refractivity contribution in [2.45, 2.75) is 6.92 Å². The van der Waals surface area contributed by atoms with Gasteiger partial charge in [0.15, 0.2) is 0 Å². The molecule has 5 nitrogen and oxygen atoms in total. The van der Waals surface area contributed by atoms with Gasteiger partial charge in [-0.1, -0.05) is 12.1 Å². The van der Waals surface area contributed by atoms with E-state index < -0.39 is 0 Å². The van der Waals surface area contributed by atoms with E-state index in [0.29, 0.717) is 5.95 Å². The number of hydrogen-bond acceptors (Lipinski definition) is 6. The number of benzene rings is 1. The molecular formula is C13H12IN5S. The van der Waals surface area contributed by atoms with Gasteiger partial charge in [-0.25, -0.2) is 10.8 Å². The van der Waals surface area contributed by atoms with Crippen molar-refractivity contribution in [2.75, 3.05) is 10.7 Å². The normalized spacial score (nSPS) is 10.8. The van der Waals surface area contributed by atoms with Gasteiger partial charge in [-0.3, -0.25) is 5.43 Å². The average molecular weight is 397 g/mol. The minimum absolute atomic E-state index is 0.410. The third-order valence-electron chi connectivity index (χ3n) is 2.77. The van der Waals surface area contributed by atoms with Crippen molar-refractivity contribution < 1.29 is 0 Å². The molecule has 102 valence electrons. The summed E-state index contributed by atoms with van der Waals surface area (Å²) in [5.41, 5.74) is 3.53. The number of nitrogens with one attached hydrogen (secondary N) is 2. The second-order valence-corrected chi connectivity index (χ2v) is 6.62. The third-order valence-corrected chi connectivity index (χ3v) is 4.66. The number of anilines is 3. The van der Waals surface area contributed by atoms with Crippen molar-refractivity contribution in [1.82, 2.24) is 9.97 Å². The lowest BCUT2D eigenvalue weighted by Gasteiger charge is -2.09. The fourth-order valence-electron chi connectivity index (χ4n) is 1.89. The summed E-state index contributed by atoms with van der Waals surface area (Å²) in [6.07, 6.45) is 0. The summed E-state index contributed by atoms with van der Waals surface area (Å²) in [7, 11) is 0. The lowest BCUT2D eigenvalue weighted by atomic mass is 10.3. The molecule has 4 N–H and O–H groups in total. The summed E-state index contributed by atoms with van der Waals surface area (Å²) in [6.45, 7) is 2.05. The van der Waals surface area contributed by atoms with Crippen LogP contribution in [0.5, 0.6) is 0 Å². The van der Waals surface area contributed by atoms with Crippen molar-refractivity contribution >= 4 is 61.6 Å². The Labute approximate surface area is 133 Å². The molecule has 0 spiro atoms. The van der Waals surface area contributed by atoms with Gasteiger partial charge in [-0.2, -0.15) is 4.98 Å². The first kappa shape index (κ1) is 13.5. The Balaban J connectivity index is 2.12. The predicted octanol–water partition coefficient (Wildman–Crippen LogP) is 3.63. The van der Waals surface area contributed by atoms with Crippen LogP contribution in [-0.4, -0.2) is 9.97 Å². The van der Waals surface area contributed by atoms with E-state index in [0.717, 1.165) is 25.3 Å². The smallest absolute Gasteiger partial charge is 0.240 e. The molecule has 0 bridgehead atoms. The quantitative estimate of drug-likeness (QED) is 0.358. The highest BCUT2D eigenvalue weighted by Gasteiger charge is 2.11. The topological polar surface area (TPSA) is 75.9 Å². The van der Waals surface area contributed by atoms with E-state index in [1.807, 2.05) is 24.3 Å². The SMILES string of the molecule is Cc1cc2c(Nc3ccccc3I)nc(NN)nc2s1. The number of rotatable bonds is 3. The molecule has 2 aromatic heterocycles. The molecule has 0 fully saturated rings. The third kappa shape index (κ3) is 2.56. The van der Waals surface area contributed by atoms with Gasteiger partial charge in [-0.05, 0) is 47.7 Å². The molecule has 3 aromatic rings. The molecule has 2 heterocycles. The molecule has 0 aliphatic rings. The Bertz CT molecular complexity index is 771. The minimum atomic E-state index is 0.410. The molecule has 7 heteroatoms. The van der Waals surface area contributed by atoms with Crippen molar-refractivity contribution in [2.24, 2.45) is 5.84 Å². The highest BCUT2D eigenvalue weighted by molar-refractivity contribution is 14.1. The van der Waals surface area contributed by atoms with E-state index in [2.05, 4.69) is 56.3 Å². The van der Waals surface area contributed by atoms with Gasteiger partial charge in [0.25, 0.3) is 0 Å². The van der Waals surface area contributed by atoms with Crippen molar-refractivity contribution in [3.05, 3.63) is 38.8 Å². The monoisotopic (exact) mass is 397 g/mol. The molecule has 0 saturated heterocycles. The lowest BCUT2D eigenvalue weighted by Crippen LogP contribution is -2.11. The number of thiophene rings is 1. The van der Waals surface area contributed by atoms with Gasteiger partial charge < -0.3 is 5.32 Å². The molecule has 3 rings (SSSR count). The highest BCUT2D eigenvalue weighted by Crippen LogP contribution is 2.32. The summed E-state index contributed by atoms with van der Waals surface area (Å²) in [5.74, 6) is 6.61. The zero-order valence-electron chi connectivity index (χ0n) is 10.6. The summed E-state index contributed by atoms with van der Waals surface area (Å²) < 4.78 is 1.13. The van der Waals surface area contributed by atoms with Gasteiger partial charge in [-0.15, -0.1) is 11.3 Å². The summed E-state index contributed by atoms with van der Waals surface area (Å²) in [6, 6.07) is 10.1. The van der Waals surface area contributed by atoms with Crippen LogP contribution in [0.4, 0.5) is 17.5 Å². The maximum absolute atomic E-state index is 5.44. The molecule has 0 radical (unpaired) electrons. The zero-order chi connectivity index (χ0) is 14.1.